The first kappa shape index (κ1) is 22.5. The molecule has 3 N–H and O–H groups in total. The molecular weight excluding hydrogens is 465 g/mol. The van der Waals surface area contributed by atoms with Crippen LogP contribution in [-0.2, 0) is 7.05 Å². The highest BCUT2D eigenvalue weighted by molar-refractivity contribution is 7.17. The highest BCUT2D eigenvalue weighted by Gasteiger charge is 2.17. The average molecular weight is 488 g/mol. The van der Waals surface area contributed by atoms with Crippen LogP contribution in [0.1, 0.15) is 5.56 Å². The molecule has 35 heavy (non-hydrogen) atoms. The van der Waals surface area contributed by atoms with Gasteiger partial charge >= 0.3 is 6.03 Å². The average Bonchev–Trinajstić information content (AvgIpc) is 3.25. The van der Waals surface area contributed by atoms with Gasteiger partial charge in [0.2, 0.25) is 0 Å². The number of halogens is 1. The summed E-state index contributed by atoms with van der Waals surface area (Å²) in [7, 11) is 3.44. The van der Waals surface area contributed by atoms with Gasteiger partial charge in [0.15, 0.2) is 0 Å². The maximum absolute atomic E-state index is 14.8. The van der Waals surface area contributed by atoms with E-state index in [1.54, 1.807) is 39.3 Å². The lowest BCUT2D eigenvalue weighted by atomic mass is 9.99. The van der Waals surface area contributed by atoms with Gasteiger partial charge in [-0.3, -0.25) is 4.79 Å². The van der Waals surface area contributed by atoms with Crippen LogP contribution in [0, 0.1) is 12.7 Å². The number of aryl methyl sites for hydroxylation is 2. The zero-order chi connectivity index (χ0) is 24.7. The van der Waals surface area contributed by atoms with Gasteiger partial charge < -0.3 is 20.5 Å². The molecule has 0 bridgehead atoms. The predicted octanol–water partition coefficient (Wildman–Crippen LogP) is 5.95. The van der Waals surface area contributed by atoms with E-state index in [-0.39, 0.29) is 11.2 Å². The number of rotatable bonds is 4. The molecule has 0 radical (unpaired) electrons. The minimum absolute atomic E-state index is 0.0200. The van der Waals surface area contributed by atoms with E-state index < -0.39 is 11.8 Å². The zero-order valence-corrected chi connectivity index (χ0v) is 20.1. The first-order chi connectivity index (χ1) is 16.9. The first-order valence-electron chi connectivity index (χ1n) is 10.9. The Kier molecular flexibility index (Phi) is 5.70. The molecule has 0 spiro atoms. The van der Waals surface area contributed by atoms with E-state index in [0.717, 1.165) is 21.0 Å². The van der Waals surface area contributed by atoms with Gasteiger partial charge in [-0.2, -0.15) is 0 Å². The number of pyridine rings is 2. The summed E-state index contributed by atoms with van der Waals surface area (Å²) < 4.78 is 17.4. The van der Waals surface area contributed by atoms with E-state index in [0.29, 0.717) is 28.2 Å². The topological polar surface area (TPSA) is 88.1 Å². The second-order valence-electron chi connectivity index (χ2n) is 8.17. The van der Waals surface area contributed by atoms with Crippen LogP contribution in [0.3, 0.4) is 0 Å². The summed E-state index contributed by atoms with van der Waals surface area (Å²) in [5, 5.41) is 11.9. The molecule has 0 fully saturated rings. The van der Waals surface area contributed by atoms with E-state index in [4.69, 9.17) is 0 Å². The lowest BCUT2D eigenvalue weighted by molar-refractivity contribution is 0.262. The summed E-state index contributed by atoms with van der Waals surface area (Å²) in [5.74, 6) is 0.0589. The molecule has 7 nitrogen and oxygen atoms in total. The molecule has 176 valence electrons. The third-order valence-electron chi connectivity index (χ3n) is 5.95. The number of nitrogens with one attached hydrogen (secondary N) is 3. The van der Waals surface area contributed by atoms with E-state index in [1.165, 1.54) is 28.0 Å². The van der Waals surface area contributed by atoms with E-state index in [2.05, 4.69) is 20.9 Å². The highest BCUT2D eigenvalue weighted by Crippen LogP contribution is 2.31. The Hall–Kier alpha value is -4.24. The quantitative estimate of drug-likeness (QED) is 0.292. The summed E-state index contributed by atoms with van der Waals surface area (Å²) in [5.41, 5.74) is 2.61. The normalized spacial score (nSPS) is 11.1. The second kappa shape index (κ2) is 8.84. The van der Waals surface area contributed by atoms with Crippen LogP contribution in [0.5, 0.6) is 0 Å². The van der Waals surface area contributed by atoms with Crippen molar-refractivity contribution >= 4 is 55.5 Å². The van der Waals surface area contributed by atoms with Gasteiger partial charge in [-0.05, 0) is 42.3 Å². The number of aromatic nitrogens is 2. The Morgan fingerprint density at radius 2 is 1.83 bits per heavy atom. The van der Waals surface area contributed by atoms with Gasteiger partial charge in [0.1, 0.15) is 11.6 Å². The van der Waals surface area contributed by atoms with Crippen molar-refractivity contribution in [3.63, 3.8) is 0 Å². The lowest BCUT2D eigenvalue weighted by Crippen LogP contribution is -2.21. The van der Waals surface area contributed by atoms with Gasteiger partial charge in [0, 0.05) is 52.8 Å². The third-order valence-corrected chi connectivity index (χ3v) is 6.91. The molecule has 0 saturated heterocycles. The molecule has 5 aromatic rings. The number of urea groups is 1. The Balaban J connectivity index is 1.51. The summed E-state index contributed by atoms with van der Waals surface area (Å²) in [6, 6.07) is 13.5. The maximum atomic E-state index is 14.8. The van der Waals surface area contributed by atoms with E-state index >= 15 is 0 Å². The fourth-order valence-corrected chi connectivity index (χ4v) is 5.00. The van der Waals surface area contributed by atoms with Crippen LogP contribution in [0.25, 0.3) is 32.1 Å². The van der Waals surface area contributed by atoms with Gasteiger partial charge in [0.25, 0.3) is 5.56 Å². The molecule has 0 saturated carbocycles. The molecule has 0 aliphatic rings. The first-order valence-corrected chi connectivity index (χ1v) is 11.8. The van der Waals surface area contributed by atoms with Gasteiger partial charge in [-0.1, -0.05) is 18.2 Å². The Morgan fingerprint density at radius 3 is 2.63 bits per heavy atom. The molecule has 0 unspecified atom stereocenters. The van der Waals surface area contributed by atoms with Gasteiger partial charge in [-0.25, -0.2) is 14.2 Å². The van der Waals surface area contributed by atoms with Crippen molar-refractivity contribution in [2.24, 2.45) is 7.05 Å². The number of hydrogen-bond donors (Lipinski definition) is 3. The number of fused-ring (bicyclic) bond motifs is 2. The number of benzene rings is 2. The van der Waals surface area contributed by atoms with Crippen molar-refractivity contribution in [2.45, 2.75) is 6.92 Å². The zero-order valence-electron chi connectivity index (χ0n) is 19.3. The Morgan fingerprint density at radius 1 is 1.06 bits per heavy atom. The lowest BCUT2D eigenvalue weighted by Gasteiger charge is -2.14. The van der Waals surface area contributed by atoms with E-state index in [1.807, 2.05) is 29.6 Å². The van der Waals surface area contributed by atoms with E-state index in [9.17, 15) is 14.0 Å². The number of carbonyl (C=O) groups is 1. The molecule has 5 rings (SSSR count). The van der Waals surface area contributed by atoms with Crippen molar-refractivity contribution in [3.05, 3.63) is 81.8 Å². The number of carbonyl (C=O) groups excluding carboxylic acids is 1. The highest BCUT2D eigenvalue weighted by atomic mass is 32.1. The van der Waals surface area contributed by atoms with Gasteiger partial charge in [0.05, 0.1) is 16.9 Å². The van der Waals surface area contributed by atoms with Crippen LogP contribution in [-0.4, -0.2) is 22.6 Å². The predicted molar refractivity (Wildman–Crippen MR) is 141 cm³/mol. The number of nitrogens with zero attached hydrogens (tertiary/aromatic N) is 2. The van der Waals surface area contributed by atoms with Crippen molar-refractivity contribution < 1.29 is 9.18 Å². The van der Waals surface area contributed by atoms with Crippen LogP contribution in [0.15, 0.2) is 64.9 Å². The molecular formula is C26H22FN5O2S. The smallest absolute Gasteiger partial charge is 0.323 e. The summed E-state index contributed by atoms with van der Waals surface area (Å²) in [4.78, 5) is 30.3. The fraction of sp³-hybridized carbons (Fsp3) is 0.115. The molecule has 2 amide bonds. The number of anilines is 3. The Bertz CT molecular complexity index is 1670. The largest absolute Gasteiger partial charge is 0.373 e. The minimum atomic E-state index is -0.588. The van der Waals surface area contributed by atoms with Crippen molar-refractivity contribution in [1.82, 2.24) is 9.55 Å². The standard InChI is InChI=1S/C26H22FN5O2S/c1-14-8-19(27)20(30-26(34)31-21-13-35-23-7-5-4-6-16(21)23)10-17(14)18-9-15-12-29-24(28-2)11-22(15)32(3)25(18)33/h4-13H,1-3H3,(H,28,29)(H2,30,31,34). The molecule has 0 aliphatic carbocycles. The summed E-state index contributed by atoms with van der Waals surface area (Å²) in [6.07, 6.45) is 1.68. The summed E-state index contributed by atoms with van der Waals surface area (Å²) >= 11 is 1.51. The number of hydrogen-bond acceptors (Lipinski definition) is 5. The molecule has 3 heterocycles. The van der Waals surface area contributed by atoms with Crippen molar-refractivity contribution in [2.75, 3.05) is 23.0 Å². The van der Waals surface area contributed by atoms with Crippen LogP contribution in [0.2, 0.25) is 0 Å². The third kappa shape index (κ3) is 4.10. The van der Waals surface area contributed by atoms with Crippen molar-refractivity contribution in [3.8, 4) is 11.1 Å². The van der Waals surface area contributed by atoms with Crippen LogP contribution in [0.4, 0.5) is 26.4 Å². The summed E-state index contributed by atoms with van der Waals surface area (Å²) in [6.45, 7) is 1.73. The molecule has 0 atom stereocenters. The van der Waals surface area contributed by atoms with Crippen LogP contribution < -0.4 is 21.5 Å². The second-order valence-corrected chi connectivity index (χ2v) is 9.08. The molecule has 3 aromatic heterocycles. The fourth-order valence-electron chi connectivity index (χ4n) is 4.10. The Labute approximate surface area is 204 Å². The SMILES string of the molecule is CNc1cc2c(cn1)cc(-c1cc(NC(=O)Nc3csc4ccccc34)c(F)cc1C)c(=O)n2C. The number of thiophene rings is 1. The number of amides is 2. The van der Waals surface area contributed by atoms with Crippen molar-refractivity contribution in [1.29, 1.82) is 0 Å². The van der Waals surface area contributed by atoms with Crippen LogP contribution >= 0.6 is 11.3 Å². The molecule has 2 aromatic carbocycles. The maximum Gasteiger partial charge on any atom is 0.323 e. The molecule has 0 aliphatic heterocycles. The monoisotopic (exact) mass is 487 g/mol. The molecule has 9 heteroatoms. The minimum Gasteiger partial charge on any atom is -0.373 e. The van der Waals surface area contributed by atoms with Gasteiger partial charge in [-0.15, -0.1) is 11.3 Å².